The molecule has 0 spiro atoms. The van der Waals surface area contributed by atoms with Crippen LogP contribution in [0.5, 0.6) is 5.75 Å². The number of carbonyl (C=O) groups is 1. The normalized spacial score (nSPS) is 20.4. The number of ether oxygens (including phenoxy) is 2. The Morgan fingerprint density at radius 2 is 2.05 bits per heavy atom. The molecule has 2 rings (SSSR count). The van der Waals surface area contributed by atoms with Gasteiger partial charge in [-0.2, -0.15) is 0 Å². The van der Waals surface area contributed by atoms with Crippen LogP contribution in [0.25, 0.3) is 0 Å². The van der Waals surface area contributed by atoms with Crippen LogP contribution >= 0.6 is 0 Å². The molecule has 22 heavy (non-hydrogen) atoms. The summed E-state index contributed by atoms with van der Waals surface area (Å²) in [6.45, 7) is 5.13. The molecule has 1 heterocycles. The van der Waals surface area contributed by atoms with Crippen LogP contribution in [-0.4, -0.2) is 38.2 Å². The molecule has 2 unspecified atom stereocenters. The Morgan fingerprint density at radius 1 is 1.32 bits per heavy atom. The maximum atomic E-state index is 11.6. The summed E-state index contributed by atoms with van der Waals surface area (Å²) in [5.74, 6) is 1.39. The van der Waals surface area contributed by atoms with Gasteiger partial charge in [-0.1, -0.05) is 19.1 Å². The number of rotatable bonds is 6. The van der Waals surface area contributed by atoms with Crippen LogP contribution in [0.4, 0.5) is 0 Å². The standard InChI is InChI=1S/C18H27NO3/c1-14(18(20)22-3)11-16-5-4-10-19(13-16)12-15-6-8-17(21-2)9-7-15/h6-9,14,16H,4-5,10-13H2,1-3H3. The van der Waals surface area contributed by atoms with Crippen LogP contribution in [0.2, 0.25) is 0 Å². The van der Waals surface area contributed by atoms with E-state index in [0.29, 0.717) is 5.92 Å². The van der Waals surface area contributed by atoms with Gasteiger partial charge in [-0.3, -0.25) is 9.69 Å². The second-order valence-corrected chi connectivity index (χ2v) is 6.25. The van der Waals surface area contributed by atoms with Crippen molar-refractivity contribution in [1.82, 2.24) is 4.90 Å². The largest absolute Gasteiger partial charge is 0.497 e. The fourth-order valence-electron chi connectivity index (χ4n) is 3.27. The predicted molar refractivity (Wildman–Crippen MR) is 86.8 cm³/mol. The second-order valence-electron chi connectivity index (χ2n) is 6.25. The molecular weight excluding hydrogens is 278 g/mol. The van der Waals surface area contributed by atoms with Gasteiger partial charge in [0.05, 0.1) is 20.1 Å². The molecule has 0 saturated carbocycles. The molecule has 1 aliphatic rings. The SMILES string of the molecule is COC(=O)C(C)CC1CCCN(Cc2ccc(OC)cc2)C1. The van der Waals surface area contributed by atoms with Crippen molar-refractivity contribution in [3.8, 4) is 5.75 Å². The van der Waals surface area contributed by atoms with E-state index in [1.165, 1.54) is 25.5 Å². The lowest BCUT2D eigenvalue weighted by Gasteiger charge is -2.33. The molecule has 1 aromatic carbocycles. The van der Waals surface area contributed by atoms with Crippen molar-refractivity contribution in [2.75, 3.05) is 27.3 Å². The third kappa shape index (κ3) is 4.73. The van der Waals surface area contributed by atoms with E-state index >= 15 is 0 Å². The average molecular weight is 305 g/mol. The molecule has 0 amide bonds. The Labute approximate surface area is 133 Å². The fraction of sp³-hybridized carbons (Fsp3) is 0.611. The first-order chi connectivity index (χ1) is 10.6. The number of benzene rings is 1. The van der Waals surface area contributed by atoms with E-state index in [-0.39, 0.29) is 11.9 Å². The Bertz CT molecular complexity index is 472. The van der Waals surface area contributed by atoms with Crippen molar-refractivity contribution in [2.24, 2.45) is 11.8 Å². The zero-order valence-electron chi connectivity index (χ0n) is 13.9. The summed E-state index contributed by atoms with van der Waals surface area (Å²) in [6.07, 6.45) is 3.33. The minimum Gasteiger partial charge on any atom is -0.497 e. The number of carbonyl (C=O) groups excluding carboxylic acids is 1. The van der Waals surface area contributed by atoms with Crippen molar-refractivity contribution in [2.45, 2.75) is 32.7 Å². The lowest BCUT2D eigenvalue weighted by Crippen LogP contribution is -2.36. The zero-order chi connectivity index (χ0) is 15.9. The number of hydrogen-bond acceptors (Lipinski definition) is 4. The Kier molecular flexibility index (Phi) is 6.25. The first-order valence-corrected chi connectivity index (χ1v) is 8.05. The molecule has 1 fully saturated rings. The van der Waals surface area contributed by atoms with Crippen LogP contribution in [-0.2, 0) is 16.1 Å². The number of piperidine rings is 1. The van der Waals surface area contributed by atoms with E-state index in [2.05, 4.69) is 17.0 Å². The van der Waals surface area contributed by atoms with Crippen molar-refractivity contribution in [1.29, 1.82) is 0 Å². The van der Waals surface area contributed by atoms with Crippen LogP contribution in [0.3, 0.4) is 0 Å². The molecule has 0 aliphatic carbocycles. The summed E-state index contributed by atoms with van der Waals surface area (Å²) in [5.41, 5.74) is 1.31. The Morgan fingerprint density at radius 3 is 2.68 bits per heavy atom. The molecular formula is C18H27NO3. The highest BCUT2D eigenvalue weighted by Gasteiger charge is 2.24. The highest BCUT2D eigenvalue weighted by molar-refractivity contribution is 5.71. The van der Waals surface area contributed by atoms with Crippen LogP contribution in [0.1, 0.15) is 31.7 Å². The molecule has 4 heteroatoms. The van der Waals surface area contributed by atoms with Gasteiger partial charge >= 0.3 is 5.97 Å². The number of nitrogens with zero attached hydrogens (tertiary/aromatic N) is 1. The summed E-state index contributed by atoms with van der Waals surface area (Å²) in [5, 5.41) is 0. The highest BCUT2D eigenvalue weighted by Crippen LogP contribution is 2.25. The molecule has 1 saturated heterocycles. The Hall–Kier alpha value is -1.55. The molecule has 0 N–H and O–H groups in total. The topological polar surface area (TPSA) is 38.8 Å². The maximum Gasteiger partial charge on any atom is 0.308 e. The molecule has 4 nitrogen and oxygen atoms in total. The number of hydrogen-bond donors (Lipinski definition) is 0. The monoisotopic (exact) mass is 305 g/mol. The van der Waals surface area contributed by atoms with E-state index in [9.17, 15) is 4.79 Å². The molecule has 1 aromatic rings. The van der Waals surface area contributed by atoms with E-state index in [4.69, 9.17) is 9.47 Å². The summed E-state index contributed by atoms with van der Waals surface area (Å²) in [6, 6.07) is 8.27. The zero-order valence-corrected chi connectivity index (χ0v) is 13.9. The highest BCUT2D eigenvalue weighted by atomic mass is 16.5. The van der Waals surface area contributed by atoms with Gasteiger partial charge < -0.3 is 9.47 Å². The first-order valence-electron chi connectivity index (χ1n) is 8.05. The van der Waals surface area contributed by atoms with Crippen molar-refractivity contribution < 1.29 is 14.3 Å². The van der Waals surface area contributed by atoms with E-state index < -0.39 is 0 Å². The maximum absolute atomic E-state index is 11.6. The quantitative estimate of drug-likeness (QED) is 0.757. The van der Waals surface area contributed by atoms with Gasteiger partial charge in [-0.05, 0) is 49.4 Å². The molecule has 122 valence electrons. The van der Waals surface area contributed by atoms with E-state index in [1.807, 2.05) is 19.1 Å². The molecule has 2 atom stereocenters. The minimum absolute atomic E-state index is 0.00376. The van der Waals surface area contributed by atoms with Crippen molar-refractivity contribution >= 4 is 5.97 Å². The third-order valence-corrected chi connectivity index (χ3v) is 4.46. The van der Waals surface area contributed by atoms with Gasteiger partial charge in [0.15, 0.2) is 0 Å². The smallest absolute Gasteiger partial charge is 0.308 e. The minimum atomic E-state index is -0.0905. The van der Waals surface area contributed by atoms with E-state index in [0.717, 1.165) is 31.8 Å². The lowest BCUT2D eigenvalue weighted by molar-refractivity contribution is -0.145. The van der Waals surface area contributed by atoms with Crippen LogP contribution < -0.4 is 4.74 Å². The Balaban J connectivity index is 1.85. The van der Waals surface area contributed by atoms with Gasteiger partial charge in [0.2, 0.25) is 0 Å². The van der Waals surface area contributed by atoms with Gasteiger partial charge in [-0.15, -0.1) is 0 Å². The van der Waals surface area contributed by atoms with Gasteiger partial charge in [0.25, 0.3) is 0 Å². The van der Waals surface area contributed by atoms with Crippen molar-refractivity contribution in [3.63, 3.8) is 0 Å². The number of methoxy groups -OCH3 is 2. The van der Waals surface area contributed by atoms with Gasteiger partial charge in [0.1, 0.15) is 5.75 Å². The molecule has 0 radical (unpaired) electrons. The lowest BCUT2D eigenvalue weighted by atomic mass is 9.89. The number of esters is 1. The summed E-state index contributed by atoms with van der Waals surface area (Å²) >= 11 is 0. The fourth-order valence-corrected chi connectivity index (χ4v) is 3.27. The molecule has 0 aromatic heterocycles. The summed E-state index contributed by atoms with van der Waals surface area (Å²) in [4.78, 5) is 14.1. The summed E-state index contributed by atoms with van der Waals surface area (Å²) in [7, 11) is 3.16. The van der Waals surface area contributed by atoms with Crippen LogP contribution in [0.15, 0.2) is 24.3 Å². The second kappa shape index (κ2) is 8.18. The number of likely N-dealkylation sites (tertiary alicyclic amines) is 1. The summed E-state index contributed by atoms with van der Waals surface area (Å²) < 4.78 is 10.0. The molecule has 1 aliphatic heterocycles. The first kappa shape index (κ1) is 16.8. The third-order valence-electron chi connectivity index (χ3n) is 4.46. The van der Waals surface area contributed by atoms with E-state index in [1.54, 1.807) is 7.11 Å². The average Bonchev–Trinajstić information content (AvgIpc) is 2.55. The molecule has 0 bridgehead atoms. The van der Waals surface area contributed by atoms with Gasteiger partial charge in [-0.25, -0.2) is 0 Å². The van der Waals surface area contributed by atoms with Crippen molar-refractivity contribution in [3.05, 3.63) is 29.8 Å². The van der Waals surface area contributed by atoms with Gasteiger partial charge in [0, 0.05) is 13.1 Å². The van der Waals surface area contributed by atoms with Crippen LogP contribution in [0, 0.1) is 11.8 Å². The predicted octanol–water partition coefficient (Wildman–Crippen LogP) is 3.11.